The fourth-order valence-electron chi connectivity index (χ4n) is 3.77. The van der Waals surface area contributed by atoms with E-state index >= 15 is 0 Å². The summed E-state index contributed by atoms with van der Waals surface area (Å²) in [5.41, 5.74) is 0.657. The lowest BCUT2D eigenvalue weighted by Gasteiger charge is -2.30. The number of nitrogens with zero attached hydrogens (tertiary/aromatic N) is 2. The van der Waals surface area contributed by atoms with E-state index in [1.807, 2.05) is 30.3 Å². The number of carbonyl (C=O) groups is 2. The number of rotatable bonds is 5. The number of amides is 2. The van der Waals surface area contributed by atoms with Gasteiger partial charge >= 0.3 is 0 Å². The van der Waals surface area contributed by atoms with Crippen molar-refractivity contribution in [1.29, 1.82) is 0 Å². The highest BCUT2D eigenvalue weighted by Gasteiger charge is 2.34. The van der Waals surface area contributed by atoms with Gasteiger partial charge in [-0.2, -0.15) is 0 Å². The van der Waals surface area contributed by atoms with Gasteiger partial charge in [0.2, 0.25) is 5.91 Å². The first-order chi connectivity index (χ1) is 12.1. The van der Waals surface area contributed by atoms with E-state index in [4.69, 9.17) is 0 Å². The van der Waals surface area contributed by atoms with Gasteiger partial charge in [-0.1, -0.05) is 25.1 Å². The van der Waals surface area contributed by atoms with Crippen molar-refractivity contribution >= 4 is 11.8 Å². The highest BCUT2D eigenvalue weighted by Crippen LogP contribution is 2.20. The summed E-state index contributed by atoms with van der Waals surface area (Å²) in [4.78, 5) is 29.4. The van der Waals surface area contributed by atoms with Gasteiger partial charge in [0.1, 0.15) is 6.04 Å². The Hall–Kier alpha value is -1.88. The highest BCUT2D eigenvalue weighted by molar-refractivity contribution is 5.97. The standard InChI is InChI=1S/C20H29N3O2/c1-16-9-13-22(14-10-16)15-11-21-19(24)18-8-5-12-23(18)20(25)17-6-3-2-4-7-17/h2-4,6-7,16,18H,5,8-15H2,1H3,(H,21,24). The van der Waals surface area contributed by atoms with Crippen molar-refractivity contribution in [3.63, 3.8) is 0 Å². The Morgan fingerprint density at radius 3 is 2.52 bits per heavy atom. The van der Waals surface area contributed by atoms with E-state index in [0.29, 0.717) is 18.7 Å². The molecule has 25 heavy (non-hydrogen) atoms. The molecule has 1 aromatic rings. The number of carbonyl (C=O) groups excluding carboxylic acids is 2. The van der Waals surface area contributed by atoms with Gasteiger partial charge in [0.25, 0.3) is 5.91 Å². The minimum Gasteiger partial charge on any atom is -0.353 e. The molecule has 2 saturated heterocycles. The molecule has 5 nitrogen and oxygen atoms in total. The molecule has 1 unspecified atom stereocenters. The molecular formula is C20H29N3O2. The summed E-state index contributed by atoms with van der Waals surface area (Å²) in [6.07, 6.45) is 4.14. The molecule has 136 valence electrons. The second-order valence-corrected chi connectivity index (χ2v) is 7.34. The molecule has 2 aliphatic rings. The van der Waals surface area contributed by atoms with Gasteiger partial charge in [0.05, 0.1) is 0 Å². The van der Waals surface area contributed by atoms with Gasteiger partial charge in [-0.05, 0) is 56.8 Å². The monoisotopic (exact) mass is 343 g/mol. The first-order valence-corrected chi connectivity index (χ1v) is 9.51. The molecule has 0 aromatic heterocycles. The van der Waals surface area contributed by atoms with Crippen molar-refractivity contribution in [1.82, 2.24) is 15.1 Å². The van der Waals surface area contributed by atoms with Gasteiger partial charge < -0.3 is 15.1 Å². The van der Waals surface area contributed by atoms with Crippen LogP contribution in [0.3, 0.4) is 0 Å². The van der Waals surface area contributed by atoms with E-state index in [9.17, 15) is 9.59 Å². The van der Waals surface area contributed by atoms with E-state index < -0.39 is 0 Å². The van der Waals surface area contributed by atoms with Crippen LogP contribution in [0.15, 0.2) is 30.3 Å². The van der Waals surface area contributed by atoms with Crippen LogP contribution in [0.5, 0.6) is 0 Å². The lowest BCUT2D eigenvalue weighted by Crippen LogP contribution is -2.48. The van der Waals surface area contributed by atoms with Crippen molar-refractivity contribution in [3.8, 4) is 0 Å². The molecule has 0 radical (unpaired) electrons. The summed E-state index contributed by atoms with van der Waals surface area (Å²) in [6.45, 7) is 6.78. The van der Waals surface area contributed by atoms with Crippen LogP contribution < -0.4 is 5.32 Å². The van der Waals surface area contributed by atoms with Crippen LogP contribution in [0, 0.1) is 5.92 Å². The van der Waals surface area contributed by atoms with Crippen LogP contribution in [0.1, 0.15) is 43.0 Å². The zero-order valence-corrected chi connectivity index (χ0v) is 15.1. The van der Waals surface area contributed by atoms with E-state index in [1.165, 1.54) is 12.8 Å². The fourth-order valence-corrected chi connectivity index (χ4v) is 3.77. The number of hydrogen-bond acceptors (Lipinski definition) is 3. The molecule has 2 aliphatic heterocycles. The molecule has 2 amide bonds. The van der Waals surface area contributed by atoms with Crippen molar-refractivity contribution in [2.24, 2.45) is 5.92 Å². The summed E-state index contributed by atoms with van der Waals surface area (Å²) in [6, 6.07) is 8.91. The first kappa shape index (κ1) is 17.9. The Balaban J connectivity index is 1.48. The largest absolute Gasteiger partial charge is 0.353 e. The van der Waals surface area contributed by atoms with Crippen LogP contribution >= 0.6 is 0 Å². The molecule has 0 saturated carbocycles. The third-order valence-corrected chi connectivity index (χ3v) is 5.44. The zero-order chi connectivity index (χ0) is 17.6. The minimum absolute atomic E-state index is 0.00726. The predicted octanol–water partition coefficient (Wildman–Crippen LogP) is 2.14. The van der Waals surface area contributed by atoms with Crippen molar-refractivity contribution in [2.45, 2.75) is 38.6 Å². The lowest BCUT2D eigenvalue weighted by molar-refractivity contribution is -0.124. The highest BCUT2D eigenvalue weighted by atomic mass is 16.2. The SMILES string of the molecule is CC1CCN(CCNC(=O)C2CCCN2C(=O)c2ccccc2)CC1. The van der Waals surface area contributed by atoms with Crippen LogP contribution in [0.4, 0.5) is 0 Å². The molecule has 2 fully saturated rings. The maximum absolute atomic E-state index is 12.7. The fraction of sp³-hybridized carbons (Fsp3) is 0.600. The first-order valence-electron chi connectivity index (χ1n) is 9.51. The van der Waals surface area contributed by atoms with E-state index in [-0.39, 0.29) is 17.9 Å². The Morgan fingerprint density at radius 2 is 1.80 bits per heavy atom. The zero-order valence-electron chi connectivity index (χ0n) is 15.1. The van der Waals surface area contributed by atoms with Crippen molar-refractivity contribution < 1.29 is 9.59 Å². The van der Waals surface area contributed by atoms with Crippen LogP contribution in [0.2, 0.25) is 0 Å². The molecule has 0 bridgehead atoms. The van der Waals surface area contributed by atoms with Gasteiger partial charge in [-0.25, -0.2) is 0 Å². The Bertz CT molecular complexity index is 582. The number of nitrogens with one attached hydrogen (secondary N) is 1. The van der Waals surface area contributed by atoms with E-state index in [2.05, 4.69) is 17.1 Å². The van der Waals surface area contributed by atoms with Crippen molar-refractivity contribution in [2.75, 3.05) is 32.7 Å². The molecule has 0 aliphatic carbocycles. The summed E-state index contributed by atoms with van der Waals surface area (Å²) in [5, 5.41) is 3.04. The molecule has 5 heteroatoms. The maximum atomic E-state index is 12.7. The molecular weight excluding hydrogens is 314 g/mol. The van der Waals surface area contributed by atoms with Gasteiger partial charge in [0, 0.05) is 25.2 Å². The number of benzene rings is 1. The van der Waals surface area contributed by atoms with Gasteiger partial charge in [-0.3, -0.25) is 9.59 Å². The average molecular weight is 343 g/mol. The third kappa shape index (κ3) is 4.60. The van der Waals surface area contributed by atoms with Gasteiger partial charge in [0.15, 0.2) is 0 Å². The Labute approximate surface area is 150 Å². The van der Waals surface area contributed by atoms with E-state index in [1.54, 1.807) is 4.90 Å². The van der Waals surface area contributed by atoms with Gasteiger partial charge in [-0.15, -0.1) is 0 Å². The quantitative estimate of drug-likeness (QED) is 0.891. The molecule has 2 heterocycles. The second kappa shape index (κ2) is 8.48. The molecule has 1 aromatic carbocycles. The van der Waals surface area contributed by atoms with Crippen LogP contribution in [-0.2, 0) is 4.79 Å². The number of piperidine rings is 1. The Kier molecular flexibility index (Phi) is 6.08. The predicted molar refractivity (Wildman–Crippen MR) is 98.3 cm³/mol. The second-order valence-electron chi connectivity index (χ2n) is 7.34. The van der Waals surface area contributed by atoms with Crippen LogP contribution in [-0.4, -0.2) is 60.4 Å². The Morgan fingerprint density at radius 1 is 1.08 bits per heavy atom. The summed E-state index contributed by atoms with van der Waals surface area (Å²) in [7, 11) is 0. The van der Waals surface area contributed by atoms with E-state index in [0.717, 1.165) is 38.4 Å². The molecule has 3 rings (SSSR count). The molecule has 1 N–H and O–H groups in total. The average Bonchev–Trinajstić information content (AvgIpc) is 3.13. The number of hydrogen-bond donors (Lipinski definition) is 1. The summed E-state index contributed by atoms with van der Waals surface area (Å²) >= 11 is 0. The molecule has 0 spiro atoms. The summed E-state index contributed by atoms with van der Waals surface area (Å²) in [5.74, 6) is 0.775. The maximum Gasteiger partial charge on any atom is 0.254 e. The third-order valence-electron chi connectivity index (χ3n) is 5.44. The summed E-state index contributed by atoms with van der Waals surface area (Å²) < 4.78 is 0. The normalized spacial score (nSPS) is 22.1. The topological polar surface area (TPSA) is 52.7 Å². The lowest BCUT2D eigenvalue weighted by atomic mass is 9.99. The molecule has 1 atom stereocenters. The smallest absolute Gasteiger partial charge is 0.254 e. The number of likely N-dealkylation sites (tertiary alicyclic amines) is 2. The minimum atomic E-state index is -0.325. The van der Waals surface area contributed by atoms with Crippen LogP contribution in [0.25, 0.3) is 0 Å². The van der Waals surface area contributed by atoms with Crippen molar-refractivity contribution in [3.05, 3.63) is 35.9 Å².